The lowest BCUT2D eigenvalue weighted by molar-refractivity contribution is -0.131. The Hall–Kier alpha value is -1.89. The van der Waals surface area contributed by atoms with E-state index in [1.165, 1.54) is 9.13 Å². The third-order valence-electron chi connectivity index (χ3n) is 5.04. The second-order valence-electron chi connectivity index (χ2n) is 6.52. The molecule has 0 saturated carbocycles. The van der Waals surface area contributed by atoms with Crippen LogP contribution in [0.25, 0.3) is 0 Å². The van der Waals surface area contributed by atoms with E-state index in [1.54, 1.807) is 19.0 Å². The van der Waals surface area contributed by atoms with Crippen LogP contribution >= 0.6 is 22.6 Å². The van der Waals surface area contributed by atoms with Crippen molar-refractivity contribution < 1.29 is 9.53 Å². The van der Waals surface area contributed by atoms with E-state index >= 15 is 0 Å². The minimum absolute atomic E-state index is 0.0131. The summed E-state index contributed by atoms with van der Waals surface area (Å²) in [5, 5.41) is 6.42. The molecule has 0 fully saturated rings. The molecule has 2 aromatic carbocycles. The fourth-order valence-corrected chi connectivity index (χ4v) is 4.48. The molecule has 0 aromatic heterocycles. The first-order chi connectivity index (χ1) is 12.1. The maximum Gasteiger partial charge on any atom is 0.240 e. The van der Waals surface area contributed by atoms with Gasteiger partial charge in [-0.1, -0.05) is 12.1 Å². The predicted octanol–water partition coefficient (Wildman–Crippen LogP) is 4.17. The fourth-order valence-electron chi connectivity index (χ4n) is 3.92. The van der Waals surface area contributed by atoms with Gasteiger partial charge in [-0.2, -0.15) is 5.10 Å². The van der Waals surface area contributed by atoms with Gasteiger partial charge in [0, 0.05) is 22.0 Å². The quantitative estimate of drug-likeness (QED) is 0.650. The van der Waals surface area contributed by atoms with Crippen molar-refractivity contribution in [2.45, 2.75) is 25.8 Å². The fraction of sp³-hybridized carbons (Fsp3) is 0.300. The number of ether oxygens (including phenoxy) is 1. The topological polar surface area (TPSA) is 41.9 Å². The number of rotatable bonds is 2. The number of carbonyl (C=O) groups is 1. The van der Waals surface area contributed by atoms with Gasteiger partial charge in [0.15, 0.2) is 0 Å². The second-order valence-corrected chi connectivity index (χ2v) is 7.76. The Bertz CT molecular complexity index is 878. The van der Waals surface area contributed by atoms with E-state index in [2.05, 4.69) is 59.0 Å². The van der Waals surface area contributed by atoms with Crippen molar-refractivity contribution in [3.05, 3.63) is 62.7 Å². The van der Waals surface area contributed by atoms with E-state index in [0.717, 1.165) is 35.4 Å². The molecule has 2 aliphatic rings. The first kappa shape index (κ1) is 16.6. The van der Waals surface area contributed by atoms with Crippen LogP contribution in [0.1, 0.15) is 36.1 Å². The van der Waals surface area contributed by atoms with Crippen LogP contribution < -0.4 is 4.74 Å². The maximum absolute atomic E-state index is 12.3. The van der Waals surface area contributed by atoms with Crippen LogP contribution in [0.4, 0.5) is 0 Å². The van der Waals surface area contributed by atoms with E-state index in [4.69, 9.17) is 9.84 Å². The van der Waals surface area contributed by atoms with Crippen LogP contribution in [0.2, 0.25) is 0 Å². The molecule has 128 valence electrons. The predicted molar refractivity (Wildman–Crippen MR) is 106 cm³/mol. The zero-order valence-corrected chi connectivity index (χ0v) is 16.4. The van der Waals surface area contributed by atoms with E-state index in [-0.39, 0.29) is 17.9 Å². The lowest BCUT2D eigenvalue weighted by atomic mass is 9.77. The number of carbonyl (C=O) groups excluding carboxylic acids is 1. The SMILES string of the molecule is COc1ccc2c(c1)CC[C@H]1C2=NN(C(C)=O)[C@@H]1c1cccc(I)c1. The molecule has 1 amide bonds. The molecule has 1 aliphatic heterocycles. The number of benzene rings is 2. The van der Waals surface area contributed by atoms with Crippen LogP contribution in [0.5, 0.6) is 5.75 Å². The highest BCUT2D eigenvalue weighted by Gasteiger charge is 2.43. The summed E-state index contributed by atoms with van der Waals surface area (Å²) in [6, 6.07) is 14.5. The van der Waals surface area contributed by atoms with Crippen LogP contribution in [0.15, 0.2) is 47.6 Å². The number of amides is 1. The van der Waals surface area contributed by atoms with Gasteiger partial charge in [-0.15, -0.1) is 0 Å². The summed E-state index contributed by atoms with van der Waals surface area (Å²) in [6.45, 7) is 1.59. The number of hydrogen-bond acceptors (Lipinski definition) is 3. The molecular weight excluding hydrogens is 427 g/mol. The molecule has 1 aliphatic carbocycles. The number of nitrogens with zero attached hydrogens (tertiary/aromatic N) is 2. The number of methoxy groups -OCH3 is 1. The third-order valence-corrected chi connectivity index (χ3v) is 5.71. The summed E-state index contributed by atoms with van der Waals surface area (Å²) in [5.41, 5.74) is 4.59. The molecule has 4 rings (SSSR count). The maximum atomic E-state index is 12.3. The van der Waals surface area contributed by atoms with Gasteiger partial charge in [-0.05, 0) is 76.9 Å². The van der Waals surface area contributed by atoms with Crippen molar-refractivity contribution in [1.82, 2.24) is 5.01 Å². The minimum Gasteiger partial charge on any atom is -0.497 e. The summed E-state index contributed by atoms with van der Waals surface area (Å²) in [4.78, 5) is 12.3. The summed E-state index contributed by atoms with van der Waals surface area (Å²) >= 11 is 2.32. The minimum atomic E-state index is -0.0162. The third kappa shape index (κ3) is 2.84. The Kier molecular flexibility index (Phi) is 4.27. The van der Waals surface area contributed by atoms with Crippen LogP contribution in [0.3, 0.4) is 0 Å². The molecule has 0 unspecified atom stereocenters. The number of halogens is 1. The first-order valence-electron chi connectivity index (χ1n) is 8.39. The highest BCUT2D eigenvalue weighted by Crippen LogP contribution is 2.44. The van der Waals surface area contributed by atoms with Crippen molar-refractivity contribution in [3.63, 3.8) is 0 Å². The first-order valence-corrected chi connectivity index (χ1v) is 9.47. The van der Waals surface area contributed by atoms with E-state index in [1.807, 2.05) is 6.07 Å². The van der Waals surface area contributed by atoms with Gasteiger partial charge in [0.2, 0.25) is 5.91 Å². The summed E-state index contributed by atoms with van der Waals surface area (Å²) in [5.74, 6) is 1.09. The van der Waals surface area contributed by atoms with E-state index in [0.29, 0.717) is 0 Å². The second kappa shape index (κ2) is 6.44. The monoisotopic (exact) mass is 446 g/mol. The molecular formula is C20H19IN2O2. The normalized spacial score (nSPS) is 21.4. The zero-order valence-electron chi connectivity index (χ0n) is 14.2. The van der Waals surface area contributed by atoms with Crippen molar-refractivity contribution >= 4 is 34.2 Å². The highest BCUT2D eigenvalue weighted by atomic mass is 127. The summed E-state index contributed by atoms with van der Waals surface area (Å²) < 4.78 is 6.52. The van der Waals surface area contributed by atoms with Gasteiger partial charge >= 0.3 is 0 Å². The number of fused-ring (bicyclic) bond motifs is 3. The van der Waals surface area contributed by atoms with Gasteiger partial charge in [-0.3, -0.25) is 4.79 Å². The molecule has 0 spiro atoms. The smallest absolute Gasteiger partial charge is 0.240 e. The van der Waals surface area contributed by atoms with Gasteiger partial charge in [-0.25, -0.2) is 5.01 Å². The van der Waals surface area contributed by atoms with Crippen molar-refractivity contribution in [1.29, 1.82) is 0 Å². The Morgan fingerprint density at radius 2 is 2.12 bits per heavy atom. The molecule has 0 N–H and O–H groups in total. The Morgan fingerprint density at radius 3 is 2.84 bits per heavy atom. The number of aryl methyl sites for hydroxylation is 1. The summed E-state index contributed by atoms with van der Waals surface area (Å²) in [7, 11) is 1.69. The van der Waals surface area contributed by atoms with Crippen molar-refractivity contribution in [2.24, 2.45) is 11.0 Å². The van der Waals surface area contributed by atoms with E-state index in [9.17, 15) is 4.79 Å². The average Bonchev–Trinajstić information content (AvgIpc) is 3.01. The molecule has 0 bridgehead atoms. The highest BCUT2D eigenvalue weighted by molar-refractivity contribution is 14.1. The average molecular weight is 446 g/mol. The standard InChI is InChI=1S/C20H19IN2O2/c1-12(24)23-20(14-4-3-5-15(21)10-14)18-8-6-13-11-16(25-2)7-9-17(13)19(18)22-23/h3-5,7,9-11,18,20H,6,8H2,1-2H3/t18-,20+/m0/s1. The van der Waals surface area contributed by atoms with Crippen LogP contribution in [-0.2, 0) is 11.2 Å². The largest absolute Gasteiger partial charge is 0.497 e. The van der Waals surface area contributed by atoms with Gasteiger partial charge < -0.3 is 4.74 Å². The Balaban J connectivity index is 1.79. The molecule has 25 heavy (non-hydrogen) atoms. The van der Waals surface area contributed by atoms with Gasteiger partial charge in [0.25, 0.3) is 0 Å². The van der Waals surface area contributed by atoms with E-state index < -0.39 is 0 Å². The molecule has 1 heterocycles. The van der Waals surface area contributed by atoms with Gasteiger partial charge in [0.05, 0.1) is 18.9 Å². The molecule has 0 saturated heterocycles. The van der Waals surface area contributed by atoms with Crippen molar-refractivity contribution in [2.75, 3.05) is 7.11 Å². The molecule has 4 nitrogen and oxygen atoms in total. The van der Waals surface area contributed by atoms with Gasteiger partial charge in [0.1, 0.15) is 5.75 Å². The lowest BCUT2D eigenvalue weighted by Crippen LogP contribution is -2.31. The molecule has 2 aromatic rings. The molecule has 5 heteroatoms. The number of hydrogen-bond donors (Lipinski definition) is 0. The summed E-state index contributed by atoms with van der Waals surface area (Å²) in [6.07, 6.45) is 1.96. The molecule has 0 radical (unpaired) electrons. The Morgan fingerprint density at radius 1 is 1.28 bits per heavy atom. The van der Waals surface area contributed by atoms with Crippen molar-refractivity contribution in [3.8, 4) is 5.75 Å². The molecule has 2 atom stereocenters. The Labute approximate surface area is 161 Å². The lowest BCUT2D eigenvalue weighted by Gasteiger charge is -2.29. The van der Waals surface area contributed by atoms with Crippen LogP contribution in [0, 0.1) is 9.49 Å². The number of hydrazone groups is 1. The van der Waals surface area contributed by atoms with Crippen LogP contribution in [-0.4, -0.2) is 23.7 Å². The zero-order chi connectivity index (χ0) is 17.6.